The van der Waals surface area contributed by atoms with Crippen LogP contribution in [0.4, 0.5) is 15.9 Å². The third-order valence-electron chi connectivity index (χ3n) is 2.57. The van der Waals surface area contributed by atoms with Gasteiger partial charge in [0.15, 0.2) is 5.82 Å². The molecule has 8 heteroatoms. The normalized spacial score (nSPS) is 11.2. The summed E-state index contributed by atoms with van der Waals surface area (Å²) in [4.78, 5) is 3.63. The molecule has 1 aromatic heterocycles. The van der Waals surface area contributed by atoms with E-state index in [0.29, 0.717) is 5.56 Å². The van der Waals surface area contributed by atoms with E-state index in [-0.39, 0.29) is 16.4 Å². The number of hydrogen-bond donors (Lipinski definition) is 3. The molecule has 20 heavy (non-hydrogen) atoms. The van der Waals surface area contributed by atoms with E-state index < -0.39 is 15.8 Å². The Hall–Kier alpha value is -2.19. The first kappa shape index (κ1) is 14.2. The van der Waals surface area contributed by atoms with Crippen LogP contribution in [0.5, 0.6) is 0 Å². The summed E-state index contributed by atoms with van der Waals surface area (Å²) in [6.07, 6.45) is 1.39. The first-order chi connectivity index (χ1) is 9.44. The smallest absolute Gasteiger partial charge is 0.265 e. The highest BCUT2D eigenvalue weighted by Gasteiger charge is 2.20. The minimum Gasteiger partial charge on any atom is -0.307 e. The molecule has 4 N–H and O–H groups in total. The number of nitrogens with two attached hydrogens (primary N) is 1. The van der Waals surface area contributed by atoms with E-state index in [1.807, 2.05) is 0 Å². The Balaban J connectivity index is 2.41. The van der Waals surface area contributed by atoms with Crippen molar-refractivity contribution in [3.63, 3.8) is 0 Å². The second kappa shape index (κ2) is 5.43. The molecule has 0 saturated carbocycles. The Morgan fingerprint density at radius 1 is 1.30 bits per heavy atom. The van der Waals surface area contributed by atoms with Crippen molar-refractivity contribution in [2.45, 2.75) is 11.8 Å². The molecule has 6 nitrogen and oxygen atoms in total. The molecule has 1 heterocycles. The van der Waals surface area contributed by atoms with E-state index in [2.05, 4.69) is 15.1 Å². The van der Waals surface area contributed by atoms with Gasteiger partial charge in [0.2, 0.25) is 0 Å². The number of anilines is 2. The Labute approximate surface area is 115 Å². The van der Waals surface area contributed by atoms with Crippen molar-refractivity contribution in [2.75, 3.05) is 10.1 Å². The lowest BCUT2D eigenvalue weighted by Crippen LogP contribution is -2.19. The molecule has 0 unspecified atom stereocenters. The highest BCUT2D eigenvalue weighted by Crippen LogP contribution is 2.23. The number of nitrogens with zero attached hydrogens (tertiary/aromatic N) is 1. The molecule has 0 saturated heterocycles. The molecule has 0 fully saturated rings. The lowest BCUT2D eigenvalue weighted by atomic mass is 10.2. The summed E-state index contributed by atoms with van der Waals surface area (Å²) < 4.78 is 40.3. The van der Waals surface area contributed by atoms with Gasteiger partial charge >= 0.3 is 0 Å². The molecule has 2 aromatic rings. The number of rotatable bonds is 4. The van der Waals surface area contributed by atoms with Crippen LogP contribution in [-0.2, 0) is 10.0 Å². The number of hydrogen-bond acceptors (Lipinski definition) is 5. The zero-order valence-corrected chi connectivity index (χ0v) is 11.4. The Morgan fingerprint density at radius 2 is 2.05 bits per heavy atom. The minimum absolute atomic E-state index is 0.0208. The topological polar surface area (TPSA) is 97.1 Å². The lowest BCUT2D eigenvalue weighted by molar-refractivity contribution is 0.598. The van der Waals surface area contributed by atoms with Gasteiger partial charge in [0.1, 0.15) is 10.7 Å². The molecule has 1 aromatic carbocycles. The van der Waals surface area contributed by atoms with Crippen molar-refractivity contribution in [3.05, 3.63) is 47.9 Å². The third kappa shape index (κ3) is 2.86. The summed E-state index contributed by atoms with van der Waals surface area (Å²) in [5.74, 6) is 4.54. The van der Waals surface area contributed by atoms with E-state index >= 15 is 0 Å². The van der Waals surface area contributed by atoms with E-state index in [4.69, 9.17) is 5.84 Å². The number of aryl methyl sites for hydroxylation is 1. The van der Waals surface area contributed by atoms with Gasteiger partial charge in [-0.25, -0.2) is 23.6 Å². The van der Waals surface area contributed by atoms with Crippen molar-refractivity contribution < 1.29 is 12.8 Å². The van der Waals surface area contributed by atoms with Gasteiger partial charge in [-0.15, -0.1) is 0 Å². The van der Waals surface area contributed by atoms with Crippen LogP contribution in [0.2, 0.25) is 0 Å². The quantitative estimate of drug-likeness (QED) is 0.588. The summed E-state index contributed by atoms with van der Waals surface area (Å²) in [6, 6.07) is 6.96. The maximum absolute atomic E-state index is 13.7. The molecule has 0 aliphatic rings. The summed E-state index contributed by atoms with van der Waals surface area (Å²) in [5.41, 5.74) is 2.74. The van der Waals surface area contributed by atoms with Gasteiger partial charge in [-0.2, -0.15) is 0 Å². The van der Waals surface area contributed by atoms with Gasteiger partial charge < -0.3 is 5.43 Å². The average molecular weight is 296 g/mol. The number of pyridine rings is 1. The van der Waals surface area contributed by atoms with Crippen LogP contribution >= 0.6 is 0 Å². The minimum atomic E-state index is -3.99. The van der Waals surface area contributed by atoms with Crippen LogP contribution in [-0.4, -0.2) is 13.4 Å². The van der Waals surface area contributed by atoms with Crippen LogP contribution in [0.1, 0.15) is 5.56 Å². The van der Waals surface area contributed by atoms with E-state index in [0.717, 1.165) is 0 Å². The highest BCUT2D eigenvalue weighted by molar-refractivity contribution is 7.92. The van der Waals surface area contributed by atoms with Crippen LogP contribution < -0.4 is 16.0 Å². The second-order valence-electron chi connectivity index (χ2n) is 4.08. The van der Waals surface area contributed by atoms with Crippen molar-refractivity contribution in [3.8, 4) is 0 Å². The molecular weight excluding hydrogens is 283 g/mol. The van der Waals surface area contributed by atoms with Crippen LogP contribution in [0.3, 0.4) is 0 Å². The Morgan fingerprint density at radius 3 is 2.70 bits per heavy atom. The van der Waals surface area contributed by atoms with E-state index in [1.165, 1.54) is 30.5 Å². The largest absolute Gasteiger partial charge is 0.307 e. The van der Waals surface area contributed by atoms with Gasteiger partial charge in [-0.1, -0.05) is 6.07 Å². The van der Waals surface area contributed by atoms with Crippen molar-refractivity contribution in [2.24, 2.45) is 5.84 Å². The first-order valence-corrected chi connectivity index (χ1v) is 7.13. The monoisotopic (exact) mass is 296 g/mol. The number of aromatic nitrogens is 1. The fourth-order valence-corrected chi connectivity index (χ4v) is 2.81. The number of nitrogens with one attached hydrogen (secondary N) is 2. The maximum atomic E-state index is 13.7. The standard InChI is InChI=1S/C12H13FN4O2S/c1-8-4-5-10(9(13)7-8)17-20(18,19)11-3-2-6-15-12(11)16-14/h2-7,17H,14H2,1H3,(H,15,16). The molecule has 2 rings (SSSR count). The van der Waals surface area contributed by atoms with Gasteiger partial charge in [0.25, 0.3) is 10.0 Å². The number of nitrogen functional groups attached to an aromatic ring is 1. The summed E-state index contributed by atoms with van der Waals surface area (Å²) in [7, 11) is -3.99. The second-order valence-corrected chi connectivity index (χ2v) is 5.73. The first-order valence-electron chi connectivity index (χ1n) is 5.64. The number of benzene rings is 1. The Bertz CT molecular complexity index is 734. The zero-order chi connectivity index (χ0) is 14.8. The van der Waals surface area contributed by atoms with Crippen molar-refractivity contribution in [1.29, 1.82) is 0 Å². The SMILES string of the molecule is Cc1ccc(NS(=O)(=O)c2cccnc2NN)c(F)c1. The molecule has 0 bridgehead atoms. The van der Waals surface area contributed by atoms with Crippen LogP contribution in [0.25, 0.3) is 0 Å². The fraction of sp³-hybridized carbons (Fsp3) is 0.0833. The molecular formula is C12H13FN4O2S. The summed E-state index contributed by atoms with van der Waals surface area (Å²) in [6.45, 7) is 1.71. The molecule has 0 atom stereocenters. The third-order valence-corrected chi connectivity index (χ3v) is 3.96. The van der Waals surface area contributed by atoms with Gasteiger partial charge in [-0.05, 0) is 36.8 Å². The predicted molar refractivity (Wildman–Crippen MR) is 74.0 cm³/mol. The maximum Gasteiger partial charge on any atom is 0.265 e. The fourth-order valence-electron chi connectivity index (χ4n) is 1.62. The number of halogens is 1. The van der Waals surface area contributed by atoms with Gasteiger partial charge in [0.05, 0.1) is 5.69 Å². The number of hydrazine groups is 1. The average Bonchev–Trinajstić information content (AvgIpc) is 2.42. The molecule has 0 radical (unpaired) electrons. The predicted octanol–water partition coefficient (Wildman–Crippen LogP) is 1.62. The molecule has 106 valence electrons. The number of sulfonamides is 1. The highest BCUT2D eigenvalue weighted by atomic mass is 32.2. The molecule has 0 spiro atoms. The summed E-state index contributed by atoms with van der Waals surface area (Å²) in [5, 5.41) is 0. The van der Waals surface area contributed by atoms with E-state index in [9.17, 15) is 12.8 Å². The van der Waals surface area contributed by atoms with Gasteiger partial charge in [0, 0.05) is 6.20 Å². The molecule has 0 amide bonds. The Kier molecular flexibility index (Phi) is 3.86. The molecule has 0 aliphatic carbocycles. The lowest BCUT2D eigenvalue weighted by Gasteiger charge is -2.11. The zero-order valence-electron chi connectivity index (χ0n) is 10.6. The van der Waals surface area contributed by atoms with Crippen LogP contribution in [0, 0.1) is 12.7 Å². The van der Waals surface area contributed by atoms with Crippen molar-refractivity contribution in [1.82, 2.24) is 4.98 Å². The van der Waals surface area contributed by atoms with Crippen LogP contribution in [0.15, 0.2) is 41.4 Å². The summed E-state index contributed by atoms with van der Waals surface area (Å²) >= 11 is 0. The molecule has 0 aliphatic heterocycles. The van der Waals surface area contributed by atoms with Gasteiger partial charge in [-0.3, -0.25) is 4.72 Å². The van der Waals surface area contributed by atoms with E-state index in [1.54, 1.807) is 13.0 Å². The van der Waals surface area contributed by atoms with Crippen molar-refractivity contribution >= 4 is 21.5 Å².